The maximum Gasteiger partial charge on any atom is 0.320 e. The first-order valence-electron chi connectivity index (χ1n) is 4.35. The Morgan fingerprint density at radius 2 is 2.38 bits per heavy atom. The highest BCUT2D eigenvalue weighted by Gasteiger charge is 2.23. The predicted molar refractivity (Wildman–Crippen MR) is 46.3 cm³/mol. The lowest BCUT2D eigenvalue weighted by molar-refractivity contribution is -0.143. The summed E-state index contributed by atoms with van der Waals surface area (Å²) in [6.07, 6.45) is 0.809. The summed E-state index contributed by atoms with van der Waals surface area (Å²) < 4.78 is 0. The zero-order valence-corrected chi connectivity index (χ0v) is 7.62. The van der Waals surface area contributed by atoms with Gasteiger partial charge in [0.25, 0.3) is 0 Å². The van der Waals surface area contributed by atoms with Gasteiger partial charge in [-0.1, -0.05) is 0 Å². The second-order valence-electron chi connectivity index (χ2n) is 3.19. The first-order valence-corrected chi connectivity index (χ1v) is 4.35. The summed E-state index contributed by atoms with van der Waals surface area (Å²) in [5, 5.41) is 11.4. The van der Waals surface area contributed by atoms with Gasteiger partial charge in [0, 0.05) is 13.1 Å². The third kappa shape index (κ3) is 2.69. The number of hydrogen-bond donors (Lipinski definition) is 2. The topological polar surface area (TPSA) is 69.6 Å². The van der Waals surface area contributed by atoms with E-state index in [4.69, 9.17) is 5.11 Å². The number of carboxylic acid groups (broad SMARTS) is 1. The molecule has 0 aliphatic carbocycles. The number of nitrogens with one attached hydrogen (secondary N) is 1. The Balaban J connectivity index is 2.56. The van der Waals surface area contributed by atoms with Gasteiger partial charge in [-0.3, -0.25) is 14.5 Å². The fourth-order valence-electron chi connectivity index (χ4n) is 1.32. The Kier molecular flexibility index (Phi) is 3.25. The molecule has 1 aliphatic rings. The maximum absolute atomic E-state index is 11.1. The molecule has 0 bridgehead atoms. The smallest absolute Gasteiger partial charge is 0.320 e. The Hall–Kier alpha value is -1.10. The minimum absolute atomic E-state index is 0.0920. The van der Waals surface area contributed by atoms with E-state index in [2.05, 4.69) is 5.32 Å². The second kappa shape index (κ2) is 4.23. The number of rotatable bonds is 2. The summed E-state index contributed by atoms with van der Waals surface area (Å²) in [4.78, 5) is 23.4. The molecule has 1 fully saturated rings. The van der Waals surface area contributed by atoms with Gasteiger partial charge in [-0.05, 0) is 13.3 Å². The van der Waals surface area contributed by atoms with E-state index in [-0.39, 0.29) is 12.5 Å². The van der Waals surface area contributed by atoms with E-state index in [0.717, 1.165) is 6.42 Å². The van der Waals surface area contributed by atoms with Crippen LogP contribution >= 0.6 is 0 Å². The molecule has 0 spiro atoms. The molecule has 1 unspecified atom stereocenters. The monoisotopic (exact) mass is 186 g/mol. The summed E-state index contributed by atoms with van der Waals surface area (Å²) in [6.45, 7) is 3.09. The van der Waals surface area contributed by atoms with Crippen molar-refractivity contribution < 1.29 is 14.7 Å². The molecule has 1 atom stereocenters. The first-order chi connectivity index (χ1) is 6.11. The molecule has 0 saturated carbocycles. The Bertz CT molecular complexity index is 217. The Morgan fingerprint density at radius 3 is 3.00 bits per heavy atom. The van der Waals surface area contributed by atoms with Crippen molar-refractivity contribution in [1.29, 1.82) is 0 Å². The van der Waals surface area contributed by atoms with E-state index in [1.54, 1.807) is 11.8 Å². The van der Waals surface area contributed by atoms with Crippen LogP contribution in [0.3, 0.4) is 0 Å². The van der Waals surface area contributed by atoms with Crippen molar-refractivity contribution in [1.82, 2.24) is 10.2 Å². The van der Waals surface area contributed by atoms with Crippen LogP contribution in [-0.4, -0.2) is 47.6 Å². The van der Waals surface area contributed by atoms with E-state index in [9.17, 15) is 9.59 Å². The highest BCUT2D eigenvalue weighted by molar-refractivity contribution is 5.80. The van der Waals surface area contributed by atoms with Crippen molar-refractivity contribution in [2.45, 2.75) is 19.4 Å². The first kappa shape index (κ1) is 9.98. The van der Waals surface area contributed by atoms with Crippen LogP contribution in [0.15, 0.2) is 0 Å². The summed E-state index contributed by atoms with van der Waals surface area (Å²) in [6, 6.07) is -0.580. The molecule has 0 aromatic carbocycles. The third-order valence-corrected chi connectivity index (χ3v) is 2.20. The average molecular weight is 186 g/mol. The van der Waals surface area contributed by atoms with Crippen LogP contribution in [0, 0.1) is 0 Å². The number of aliphatic carboxylic acids is 1. The average Bonchev–Trinajstić information content (AvgIpc) is 2.28. The van der Waals surface area contributed by atoms with Crippen LogP contribution < -0.4 is 5.32 Å². The molecule has 5 heteroatoms. The lowest BCUT2D eigenvalue weighted by atomic mass is 10.2. The predicted octanol–water partition coefficient (Wildman–Crippen LogP) is -0.719. The molecule has 1 saturated heterocycles. The molecule has 1 heterocycles. The maximum atomic E-state index is 11.1. The van der Waals surface area contributed by atoms with E-state index in [1.165, 1.54) is 0 Å². The van der Waals surface area contributed by atoms with Gasteiger partial charge in [0.05, 0.1) is 6.54 Å². The number of carboxylic acids is 1. The van der Waals surface area contributed by atoms with Crippen LogP contribution in [-0.2, 0) is 9.59 Å². The number of hydrogen-bond acceptors (Lipinski definition) is 3. The zero-order valence-electron chi connectivity index (χ0n) is 7.62. The summed E-state index contributed by atoms with van der Waals surface area (Å²) in [7, 11) is 0. The number of carbonyl (C=O) groups is 2. The van der Waals surface area contributed by atoms with Crippen LogP contribution in [0.4, 0.5) is 0 Å². The lowest BCUT2D eigenvalue weighted by Crippen LogP contribution is -2.42. The molecule has 2 N–H and O–H groups in total. The molecule has 74 valence electrons. The minimum atomic E-state index is -0.880. The van der Waals surface area contributed by atoms with Crippen LogP contribution in [0.2, 0.25) is 0 Å². The van der Waals surface area contributed by atoms with Gasteiger partial charge >= 0.3 is 5.97 Å². The minimum Gasteiger partial charge on any atom is -0.480 e. The van der Waals surface area contributed by atoms with Gasteiger partial charge in [0.15, 0.2) is 0 Å². The summed E-state index contributed by atoms with van der Waals surface area (Å²) in [5.74, 6) is -0.972. The largest absolute Gasteiger partial charge is 0.480 e. The van der Waals surface area contributed by atoms with Crippen molar-refractivity contribution in [2.75, 3.05) is 19.6 Å². The quantitative estimate of drug-likeness (QED) is 0.597. The van der Waals surface area contributed by atoms with E-state index in [1.807, 2.05) is 0 Å². The van der Waals surface area contributed by atoms with Crippen molar-refractivity contribution in [3.8, 4) is 0 Å². The Labute approximate surface area is 76.7 Å². The van der Waals surface area contributed by atoms with Crippen LogP contribution in [0.5, 0.6) is 0 Å². The van der Waals surface area contributed by atoms with Gasteiger partial charge in [-0.2, -0.15) is 0 Å². The molecular weight excluding hydrogens is 172 g/mol. The van der Waals surface area contributed by atoms with Gasteiger partial charge in [-0.15, -0.1) is 0 Å². The van der Waals surface area contributed by atoms with Crippen molar-refractivity contribution in [2.24, 2.45) is 0 Å². The highest BCUT2D eigenvalue weighted by atomic mass is 16.4. The molecule has 5 nitrogen and oxygen atoms in total. The standard InChI is InChI=1S/C8H14N2O3/c1-6(8(12)13)10-4-2-3-9-7(11)5-10/h6H,2-5H2,1H3,(H,9,11)(H,12,13). The molecule has 0 aromatic heterocycles. The molecular formula is C8H14N2O3. The van der Waals surface area contributed by atoms with E-state index >= 15 is 0 Å². The van der Waals surface area contributed by atoms with E-state index in [0.29, 0.717) is 13.1 Å². The number of carbonyl (C=O) groups excluding carboxylic acids is 1. The van der Waals surface area contributed by atoms with Gasteiger partial charge < -0.3 is 10.4 Å². The third-order valence-electron chi connectivity index (χ3n) is 2.20. The second-order valence-corrected chi connectivity index (χ2v) is 3.19. The summed E-state index contributed by atoms with van der Waals surface area (Å²) in [5.41, 5.74) is 0. The number of amides is 1. The van der Waals surface area contributed by atoms with Crippen LogP contribution in [0.1, 0.15) is 13.3 Å². The fourth-order valence-corrected chi connectivity index (χ4v) is 1.32. The van der Waals surface area contributed by atoms with E-state index < -0.39 is 12.0 Å². The van der Waals surface area contributed by atoms with Crippen LogP contribution in [0.25, 0.3) is 0 Å². The zero-order chi connectivity index (χ0) is 9.84. The lowest BCUT2D eigenvalue weighted by Gasteiger charge is -2.22. The molecule has 1 aliphatic heterocycles. The SMILES string of the molecule is CC(C(=O)O)N1CCCNC(=O)C1. The molecule has 0 radical (unpaired) electrons. The van der Waals surface area contributed by atoms with Gasteiger partial charge in [-0.25, -0.2) is 0 Å². The molecule has 1 amide bonds. The highest BCUT2D eigenvalue weighted by Crippen LogP contribution is 2.02. The summed E-state index contributed by atoms with van der Waals surface area (Å²) >= 11 is 0. The normalized spacial score (nSPS) is 21.8. The van der Waals surface area contributed by atoms with Crippen molar-refractivity contribution in [3.63, 3.8) is 0 Å². The fraction of sp³-hybridized carbons (Fsp3) is 0.750. The molecule has 13 heavy (non-hydrogen) atoms. The van der Waals surface area contributed by atoms with Crippen molar-refractivity contribution >= 4 is 11.9 Å². The van der Waals surface area contributed by atoms with Gasteiger partial charge in [0.1, 0.15) is 6.04 Å². The van der Waals surface area contributed by atoms with Gasteiger partial charge in [0.2, 0.25) is 5.91 Å². The molecule has 1 rings (SSSR count). The number of nitrogens with zero attached hydrogens (tertiary/aromatic N) is 1. The Morgan fingerprint density at radius 1 is 1.69 bits per heavy atom. The molecule has 0 aromatic rings. The van der Waals surface area contributed by atoms with Crippen molar-refractivity contribution in [3.05, 3.63) is 0 Å².